The highest BCUT2D eigenvalue weighted by molar-refractivity contribution is 8.00. The molecule has 0 saturated carbocycles. The minimum Gasteiger partial charge on any atom is -0.504 e. The molecule has 3 aromatic carbocycles. The van der Waals surface area contributed by atoms with Crippen LogP contribution < -0.4 is 19.9 Å². The van der Waals surface area contributed by atoms with Gasteiger partial charge in [-0.25, -0.2) is 23.9 Å². The Balaban J connectivity index is 1.12. The number of amides is 3. The largest absolute Gasteiger partial charge is 0.504 e. The quantitative estimate of drug-likeness (QED) is 0.0153. The number of nitrogens with zero attached hydrogens (tertiary/aromatic N) is 4. The van der Waals surface area contributed by atoms with Crippen molar-refractivity contribution in [2.75, 3.05) is 18.2 Å². The third-order valence-electron chi connectivity index (χ3n) is 10.6. The molecule has 2 aliphatic heterocycles. The van der Waals surface area contributed by atoms with Crippen LogP contribution in [0.5, 0.6) is 17.2 Å². The summed E-state index contributed by atoms with van der Waals surface area (Å²) < 4.78 is 23.9. The van der Waals surface area contributed by atoms with Gasteiger partial charge in [0.1, 0.15) is 46.4 Å². The number of thiazole rings is 1. The Morgan fingerprint density at radius 3 is 2.21 bits per heavy atom. The first kappa shape index (κ1) is 51.4. The average molecular weight is 1010 g/mol. The lowest BCUT2D eigenvalue weighted by molar-refractivity contribution is -0.687. The Morgan fingerprint density at radius 2 is 1.55 bits per heavy atom. The number of carbonyl (C=O) groups is 5. The molecular weight excluding hydrogens is 953 g/mol. The smallest absolute Gasteiger partial charge is 0.413 e. The second-order valence-corrected chi connectivity index (χ2v) is 21.0. The zero-order chi connectivity index (χ0) is 51.4. The van der Waals surface area contributed by atoms with Gasteiger partial charge in [0.05, 0.1) is 7.11 Å². The summed E-state index contributed by atoms with van der Waals surface area (Å²) in [6.45, 7) is 13.4. The lowest BCUT2D eigenvalue weighted by Gasteiger charge is -2.49. The zero-order valence-corrected chi connectivity index (χ0v) is 42.2. The van der Waals surface area contributed by atoms with Gasteiger partial charge in [0.2, 0.25) is 5.60 Å². The van der Waals surface area contributed by atoms with Crippen LogP contribution in [0.15, 0.2) is 107 Å². The number of oxime groups is 1. The number of hydrogen-bond donors (Lipinski definition) is 4. The molecule has 4 heterocycles. The molecule has 20 heteroatoms. The minimum atomic E-state index is -1.68. The fraction of sp³-hybridized carbons (Fsp3) is 0.333. The first-order valence-corrected chi connectivity index (χ1v) is 24.3. The number of fused-ring (bicyclic) bond motifs is 2. The number of phenols is 2. The molecule has 372 valence electrons. The number of hydrogen-bond acceptors (Lipinski definition) is 16. The molecule has 0 radical (unpaired) electrons. The van der Waals surface area contributed by atoms with E-state index in [4.69, 9.17) is 23.8 Å². The van der Waals surface area contributed by atoms with Gasteiger partial charge >= 0.3 is 18.0 Å². The number of ether oxygens (including phenoxy) is 4. The van der Waals surface area contributed by atoms with Crippen molar-refractivity contribution >= 4 is 80.6 Å². The number of thioether (sulfide) groups is 1. The van der Waals surface area contributed by atoms with Gasteiger partial charge in [-0.3, -0.25) is 19.8 Å². The third-order valence-corrected chi connectivity index (χ3v) is 12.6. The molecule has 18 nitrogen and oxygen atoms in total. The van der Waals surface area contributed by atoms with Crippen LogP contribution in [-0.2, 0) is 51.4 Å². The summed E-state index contributed by atoms with van der Waals surface area (Å²) in [6.07, 6.45) is 6.58. The summed E-state index contributed by atoms with van der Waals surface area (Å²) >= 11 is 2.30. The molecule has 1 saturated heterocycles. The van der Waals surface area contributed by atoms with E-state index in [0.29, 0.717) is 23.4 Å². The summed E-state index contributed by atoms with van der Waals surface area (Å²) in [5.74, 6) is -2.49. The molecule has 2 aliphatic rings. The van der Waals surface area contributed by atoms with Crippen LogP contribution >= 0.6 is 23.1 Å². The van der Waals surface area contributed by atoms with Gasteiger partial charge < -0.3 is 39.3 Å². The molecule has 1 fully saturated rings. The molecule has 0 unspecified atom stereocenters. The predicted molar refractivity (Wildman–Crippen MR) is 266 cm³/mol. The van der Waals surface area contributed by atoms with E-state index < -0.39 is 63.8 Å². The van der Waals surface area contributed by atoms with Crippen LogP contribution in [0.25, 0.3) is 16.8 Å². The number of benzene rings is 3. The molecule has 7 rings (SSSR count). The maximum absolute atomic E-state index is 14.2. The fourth-order valence-electron chi connectivity index (χ4n) is 7.05. The summed E-state index contributed by atoms with van der Waals surface area (Å²) in [5, 5.41) is 31.5. The maximum atomic E-state index is 14.2. The Bertz CT molecular complexity index is 2950. The van der Waals surface area contributed by atoms with Crippen molar-refractivity contribution in [3.63, 3.8) is 0 Å². The van der Waals surface area contributed by atoms with E-state index in [-0.39, 0.29) is 40.4 Å². The molecule has 5 aromatic rings. The maximum Gasteiger partial charge on any atom is 0.413 e. The van der Waals surface area contributed by atoms with Crippen LogP contribution in [0.4, 0.5) is 9.93 Å². The number of anilines is 1. The summed E-state index contributed by atoms with van der Waals surface area (Å²) in [5.41, 5.74) is -0.758. The van der Waals surface area contributed by atoms with E-state index in [0.717, 1.165) is 33.2 Å². The Kier molecular flexibility index (Phi) is 15.1. The molecule has 3 amide bonds. The van der Waals surface area contributed by atoms with Crippen molar-refractivity contribution < 1.29 is 62.5 Å². The van der Waals surface area contributed by atoms with Gasteiger partial charge in [-0.2, -0.15) is 0 Å². The summed E-state index contributed by atoms with van der Waals surface area (Å²) in [4.78, 5) is 79.5. The number of rotatable bonds is 15. The van der Waals surface area contributed by atoms with Crippen LogP contribution in [0, 0.1) is 0 Å². The van der Waals surface area contributed by atoms with E-state index in [9.17, 15) is 34.2 Å². The van der Waals surface area contributed by atoms with Crippen molar-refractivity contribution in [3.8, 4) is 17.2 Å². The van der Waals surface area contributed by atoms with Crippen LogP contribution in [0.1, 0.15) is 77.8 Å². The van der Waals surface area contributed by atoms with Crippen molar-refractivity contribution in [1.82, 2.24) is 15.2 Å². The Hall–Kier alpha value is -7.45. The van der Waals surface area contributed by atoms with Crippen molar-refractivity contribution in [2.45, 2.75) is 96.8 Å². The lowest BCUT2D eigenvalue weighted by Crippen LogP contribution is -2.71. The van der Waals surface area contributed by atoms with E-state index in [1.165, 1.54) is 48.0 Å². The third kappa shape index (κ3) is 12.9. The number of nitrogens with one attached hydrogen (secondary N) is 2. The van der Waals surface area contributed by atoms with Gasteiger partial charge in [0.15, 0.2) is 41.3 Å². The topological polar surface area (TPSA) is 228 Å². The van der Waals surface area contributed by atoms with Crippen LogP contribution in [0.3, 0.4) is 0 Å². The van der Waals surface area contributed by atoms with Gasteiger partial charge in [0, 0.05) is 28.1 Å². The summed E-state index contributed by atoms with van der Waals surface area (Å²) in [7, 11) is 1.55. The predicted octanol–water partition coefficient (Wildman–Crippen LogP) is 7.35. The van der Waals surface area contributed by atoms with Crippen LogP contribution in [-0.4, -0.2) is 96.7 Å². The average Bonchev–Trinajstić information content (AvgIpc) is 3.76. The van der Waals surface area contributed by atoms with E-state index in [2.05, 4.69) is 20.8 Å². The van der Waals surface area contributed by atoms with Gasteiger partial charge in [0.25, 0.3) is 11.8 Å². The van der Waals surface area contributed by atoms with Crippen molar-refractivity contribution in [3.05, 3.63) is 124 Å². The Labute approximate surface area is 418 Å². The number of carbonyl (C=O) groups excluding carboxylic acids is 5. The van der Waals surface area contributed by atoms with Crippen molar-refractivity contribution in [1.29, 1.82) is 0 Å². The first-order valence-electron chi connectivity index (χ1n) is 22.3. The summed E-state index contributed by atoms with van der Waals surface area (Å²) in [6, 6.07) is 18.5. The monoisotopic (exact) mass is 1010 g/mol. The second-order valence-electron chi connectivity index (χ2n) is 19.0. The van der Waals surface area contributed by atoms with E-state index in [1.807, 2.05) is 53.4 Å². The number of aromatic hydroxyl groups is 2. The number of phenolic OH excluding ortho intramolecular Hbond substituents is 2. The van der Waals surface area contributed by atoms with Crippen LogP contribution in [0.2, 0.25) is 0 Å². The standard InChI is InChI=1S/C51H54N6O12S2/c1-49(2,3)67-46(63)51(7,8)69-55-39(36-28-71-47(52-36)54-48(64)68-50(4,5)6)42(60)53-40-43(61)57-41(45(62)66-26-31-15-18-35(65-9)19-16-31)33(27-70-44(40)57)17-14-29-10-12-30(13-11-29)24-56-21-20-32-22-37(58)38(59)23-34(32)25-56/h10-23,25,28,40,44H,24,26-27H2,1-9H3,(H3,52,53,54,59,60,64)/p+1/b17-14+,55-39-/t40-,44-/m1/s1. The number of β-lactam (4-membered cyclic amide) rings is 1. The normalized spacial score (nSPS) is 16.3. The number of aromatic nitrogens is 2. The molecule has 0 aliphatic carbocycles. The second kappa shape index (κ2) is 20.9. The zero-order valence-electron chi connectivity index (χ0n) is 40.6. The Morgan fingerprint density at radius 1 is 0.887 bits per heavy atom. The van der Waals surface area contributed by atoms with Crippen molar-refractivity contribution in [2.24, 2.45) is 5.16 Å². The minimum absolute atomic E-state index is 0.0198. The van der Waals surface area contributed by atoms with E-state index >= 15 is 0 Å². The number of methoxy groups -OCH3 is 1. The highest BCUT2D eigenvalue weighted by Crippen LogP contribution is 2.41. The highest BCUT2D eigenvalue weighted by Gasteiger charge is 2.54. The molecular formula is C51H55N6O12S2+. The van der Waals surface area contributed by atoms with E-state index in [1.54, 1.807) is 79.0 Å². The number of pyridine rings is 1. The molecule has 0 spiro atoms. The number of esters is 2. The van der Waals surface area contributed by atoms with Gasteiger partial charge in [-0.1, -0.05) is 53.7 Å². The SMILES string of the molecule is COc1ccc(COC(=O)C2=C(/C=C/c3ccc(C[n+]4ccc5cc(O)c(O)cc5c4)cc3)CS[C@@H]3[C@H](NC(=O)/C(=N\OC(C)(C)C(=O)OC(C)(C)C)c4csc(NC(=O)OC(C)(C)C)n4)C(=O)N23)cc1. The molecule has 71 heavy (non-hydrogen) atoms. The fourth-order valence-corrected chi connectivity index (χ4v) is 9.04. The van der Waals surface area contributed by atoms with Gasteiger partial charge in [-0.05, 0) is 102 Å². The molecule has 4 N–H and O–H groups in total. The lowest BCUT2D eigenvalue weighted by atomic mass is 10.0. The highest BCUT2D eigenvalue weighted by atomic mass is 32.2. The first-order chi connectivity index (χ1) is 33.5. The number of allylic oxidation sites excluding steroid dienone is 1. The molecule has 0 bridgehead atoms. The molecule has 2 atom stereocenters. The van der Waals surface area contributed by atoms with Gasteiger partial charge in [-0.15, -0.1) is 23.1 Å². The molecule has 2 aromatic heterocycles.